The maximum atomic E-state index is 11.4. The van der Waals surface area contributed by atoms with E-state index in [1.807, 2.05) is 60.7 Å². The van der Waals surface area contributed by atoms with Gasteiger partial charge in [0.1, 0.15) is 0 Å². The van der Waals surface area contributed by atoms with Gasteiger partial charge in [-0.2, -0.15) is 0 Å². The van der Waals surface area contributed by atoms with Crippen LogP contribution in [0.5, 0.6) is 0 Å². The zero-order chi connectivity index (χ0) is 12.6. The molecule has 2 aromatic carbocycles. The molecule has 0 atom stereocenters. The van der Waals surface area contributed by atoms with Crippen molar-refractivity contribution in [2.45, 2.75) is 13.2 Å². The molecular formula is C14H14BO3. The minimum absolute atomic E-state index is 0.268. The van der Waals surface area contributed by atoms with Crippen molar-refractivity contribution in [2.24, 2.45) is 0 Å². The molecule has 2 rings (SSSR count). The van der Waals surface area contributed by atoms with Crippen LogP contribution in [0.25, 0.3) is 0 Å². The van der Waals surface area contributed by atoms with E-state index in [-0.39, 0.29) is 13.2 Å². The van der Waals surface area contributed by atoms with Crippen molar-refractivity contribution >= 4 is 7.32 Å². The van der Waals surface area contributed by atoms with E-state index in [0.29, 0.717) is 0 Å². The van der Waals surface area contributed by atoms with Crippen LogP contribution in [-0.4, -0.2) is 7.32 Å². The quantitative estimate of drug-likeness (QED) is 0.729. The van der Waals surface area contributed by atoms with Crippen molar-refractivity contribution < 1.29 is 14.3 Å². The molecule has 0 bridgehead atoms. The molecule has 0 saturated carbocycles. The average Bonchev–Trinajstić information content (AvgIpc) is 2.45. The monoisotopic (exact) mass is 241 g/mol. The summed E-state index contributed by atoms with van der Waals surface area (Å²) in [5.74, 6) is 0. The summed E-state index contributed by atoms with van der Waals surface area (Å²) in [5, 5.41) is 11.4. The van der Waals surface area contributed by atoms with Crippen molar-refractivity contribution in [1.29, 1.82) is 0 Å². The topological polar surface area (TPSA) is 38.4 Å². The Morgan fingerprint density at radius 2 is 1.11 bits per heavy atom. The largest absolute Gasteiger partial charge is 0.667 e. The lowest BCUT2D eigenvalue weighted by Gasteiger charge is -2.07. The minimum atomic E-state index is -1.45. The highest BCUT2D eigenvalue weighted by Gasteiger charge is 2.17. The maximum absolute atomic E-state index is 11.4. The number of hydrogen-bond acceptors (Lipinski definition) is 2. The van der Waals surface area contributed by atoms with Crippen molar-refractivity contribution in [3.05, 3.63) is 71.8 Å². The molecule has 3 nitrogen and oxygen atoms in total. The first-order valence-corrected chi connectivity index (χ1v) is 5.81. The van der Waals surface area contributed by atoms with Gasteiger partial charge in [0.25, 0.3) is 0 Å². The van der Waals surface area contributed by atoms with Crippen LogP contribution in [0, 0.1) is 0 Å². The van der Waals surface area contributed by atoms with E-state index in [1.165, 1.54) is 0 Å². The van der Waals surface area contributed by atoms with Gasteiger partial charge in [-0.3, -0.25) is 0 Å². The highest BCUT2D eigenvalue weighted by molar-refractivity contribution is 6.34. The summed E-state index contributed by atoms with van der Waals surface area (Å²) in [4.78, 5) is 0. The first kappa shape index (κ1) is 12.8. The van der Waals surface area contributed by atoms with E-state index >= 15 is 0 Å². The van der Waals surface area contributed by atoms with E-state index < -0.39 is 7.32 Å². The van der Waals surface area contributed by atoms with E-state index in [0.717, 1.165) is 11.1 Å². The van der Waals surface area contributed by atoms with Crippen LogP contribution >= 0.6 is 0 Å². The molecule has 18 heavy (non-hydrogen) atoms. The SMILES string of the molecule is [O]B(OCc1ccccc1)OCc1ccccc1. The van der Waals surface area contributed by atoms with Gasteiger partial charge in [-0.15, -0.1) is 0 Å². The molecule has 91 valence electrons. The summed E-state index contributed by atoms with van der Waals surface area (Å²) in [7, 11) is -1.45. The van der Waals surface area contributed by atoms with Gasteiger partial charge in [0.2, 0.25) is 0 Å². The molecule has 0 aromatic heterocycles. The molecule has 0 heterocycles. The van der Waals surface area contributed by atoms with Gasteiger partial charge in [0.05, 0.1) is 13.2 Å². The Labute approximate surface area is 107 Å². The summed E-state index contributed by atoms with van der Waals surface area (Å²) < 4.78 is 10.1. The molecule has 0 unspecified atom stereocenters. The molecule has 0 aliphatic heterocycles. The predicted molar refractivity (Wildman–Crippen MR) is 68.9 cm³/mol. The van der Waals surface area contributed by atoms with Gasteiger partial charge in [0.15, 0.2) is 0 Å². The number of benzene rings is 2. The van der Waals surface area contributed by atoms with Crippen LogP contribution in [0.4, 0.5) is 0 Å². The zero-order valence-corrected chi connectivity index (χ0v) is 9.99. The van der Waals surface area contributed by atoms with Crippen molar-refractivity contribution in [3.63, 3.8) is 0 Å². The Morgan fingerprint density at radius 1 is 0.722 bits per heavy atom. The third kappa shape index (κ3) is 4.33. The molecule has 0 amide bonds. The third-order valence-electron chi connectivity index (χ3n) is 2.46. The van der Waals surface area contributed by atoms with E-state index in [2.05, 4.69) is 0 Å². The number of rotatable bonds is 6. The summed E-state index contributed by atoms with van der Waals surface area (Å²) in [6.07, 6.45) is 0. The molecule has 0 spiro atoms. The van der Waals surface area contributed by atoms with Gasteiger partial charge in [0, 0.05) is 0 Å². The van der Waals surface area contributed by atoms with Gasteiger partial charge in [-0.05, 0) is 11.1 Å². The molecule has 0 fully saturated rings. The summed E-state index contributed by atoms with van der Waals surface area (Å²) in [5.41, 5.74) is 1.92. The molecule has 1 radical (unpaired) electrons. The van der Waals surface area contributed by atoms with Crippen LogP contribution in [-0.2, 0) is 27.5 Å². The van der Waals surface area contributed by atoms with Gasteiger partial charge in [-0.1, -0.05) is 60.7 Å². The zero-order valence-electron chi connectivity index (χ0n) is 9.99. The summed E-state index contributed by atoms with van der Waals surface area (Å²) in [6.45, 7) is 0.535. The standard InChI is InChI=1S/C14H14BO3/c16-15(17-11-13-7-3-1-4-8-13)18-12-14-9-5-2-6-10-14/h1-10H,11-12H2. The summed E-state index contributed by atoms with van der Waals surface area (Å²) in [6, 6.07) is 19.1. The molecule has 0 aliphatic rings. The Hall–Kier alpha value is -1.62. The normalized spacial score (nSPS) is 10.3. The highest BCUT2D eigenvalue weighted by atomic mass is 16.7. The lowest BCUT2D eigenvalue weighted by Crippen LogP contribution is -2.20. The Balaban J connectivity index is 1.71. The summed E-state index contributed by atoms with van der Waals surface area (Å²) >= 11 is 0. The maximum Gasteiger partial charge on any atom is 0.667 e. The second-order valence-electron chi connectivity index (χ2n) is 3.88. The van der Waals surface area contributed by atoms with E-state index in [9.17, 15) is 5.02 Å². The fourth-order valence-electron chi connectivity index (χ4n) is 1.53. The van der Waals surface area contributed by atoms with Crippen LogP contribution in [0.3, 0.4) is 0 Å². The second kappa shape index (κ2) is 6.96. The van der Waals surface area contributed by atoms with Crippen LogP contribution < -0.4 is 0 Å². The van der Waals surface area contributed by atoms with Crippen LogP contribution in [0.1, 0.15) is 11.1 Å². The fraction of sp³-hybridized carbons (Fsp3) is 0.143. The Morgan fingerprint density at radius 3 is 1.50 bits per heavy atom. The molecule has 0 N–H and O–H groups in total. The smallest absolute Gasteiger partial charge is 0.380 e. The van der Waals surface area contributed by atoms with Crippen molar-refractivity contribution in [2.75, 3.05) is 0 Å². The first-order chi connectivity index (χ1) is 8.84. The molecule has 2 aromatic rings. The molecule has 0 aliphatic carbocycles. The third-order valence-corrected chi connectivity index (χ3v) is 2.46. The minimum Gasteiger partial charge on any atom is -0.380 e. The first-order valence-electron chi connectivity index (χ1n) is 5.81. The van der Waals surface area contributed by atoms with E-state index in [1.54, 1.807) is 0 Å². The Kier molecular flexibility index (Phi) is 4.96. The average molecular weight is 241 g/mol. The highest BCUT2D eigenvalue weighted by Crippen LogP contribution is 2.04. The van der Waals surface area contributed by atoms with Crippen molar-refractivity contribution in [3.8, 4) is 0 Å². The lowest BCUT2D eigenvalue weighted by atomic mass is 10.2. The van der Waals surface area contributed by atoms with Gasteiger partial charge < -0.3 is 9.31 Å². The van der Waals surface area contributed by atoms with Crippen molar-refractivity contribution in [1.82, 2.24) is 0 Å². The van der Waals surface area contributed by atoms with Crippen LogP contribution in [0.15, 0.2) is 60.7 Å². The fourth-order valence-corrected chi connectivity index (χ4v) is 1.53. The molecular weight excluding hydrogens is 227 g/mol. The Bertz CT molecular complexity index is 404. The van der Waals surface area contributed by atoms with E-state index in [4.69, 9.17) is 9.31 Å². The molecule has 4 heteroatoms. The number of hydrogen-bond donors (Lipinski definition) is 0. The second-order valence-corrected chi connectivity index (χ2v) is 3.88. The predicted octanol–water partition coefficient (Wildman–Crippen LogP) is 2.84. The van der Waals surface area contributed by atoms with Gasteiger partial charge in [-0.25, -0.2) is 5.02 Å². The van der Waals surface area contributed by atoms with Gasteiger partial charge >= 0.3 is 7.32 Å². The molecule has 0 saturated heterocycles. The lowest BCUT2D eigenvalue weighted by molar-refractivity contribution is 0.0960. The van der Waals surface area contributed by atoms with Crippen LogP contribution in [0.2, 0.25) is 0 Å².